The van der Waals surface area contributed by atoms with Gasteiger partial charge >= 0.3 is 0 Å². The highest BCUT2D eigenvalue weighted by Gasteiger charge is 2.24. The second-order valence-corrected chi connectivity index (χ2v) is 6.56. The quantitative estimate of drug-likeness (QED) is 0.457. The van der Waals surface area contributed by atoms with E-state index in [1.54, 1.807) is 4.57 Å². The molecule has 0 saturated heterocycles. The molecular formula is C20H14N4O. The number of nitrogens with zero attached hydrogens (tertiary/aromatic N) is 2. The minimum absolute atomic E-state index is 0.000469. The number of fused-ring (bicyclic) bond motifs is 8. The van der Waals surface area contributed by atoms with Crippen molar-refractivity contribution in [2.75, 3.05) is 0 Å². The number of hydrogen-bond acceptors (Lipinski definition) is 2. The van der Waals surface area contributed by atoms with Crippen LogP contribution in [-0.4, -0.2) is 19.5 Å². The lowest BCUT2D eigenvalue weighted by molar-refractivity contribution is 0.652. The minimum Gasteiger partial charge on any atom is -0.352 e. The van der Waals surface area contributed by atoms with Gasteiger partial charge in [-0.2, -0.15) is 0 Å². The molecule has 3 aromatic heterocycles. The molecule has 0 unspecified atom stereocenters. The van der Waals surface area contributed by atoms with Crippen molar-refractivity contribution < 1.29 is 0 Å². The molecular weight excluding hydrogens is 312 g/mol. The molecule has 0 saturated carbocycles. The van der Waals surface area contributed by atoms with Gasteiger partial charge in [0, 0.05) is 28.4 Å². The lowest BCUT2D eigenvalue weighted by Crippen LogP contribution is -2.27. The highest BCUT2D eigenvalue weighted by molar-refractivity contribution is 6.05. The first-order chi connectivity index (χ1) is 12.3. The molecule has 1 aliphatic rings. The van der Waals surface area contributed by atoms with Crippen LogP contribution in [0.5, 0.6) is 0 Å². The largest absolute Gasteiger partial charge is 0.352 e. The molecule has 6 rings (SSSR count). The van der Waals surface area contributed by atoms with E-state index in [9.17, 15) is 4.79 Å². The fourth-order valence-corrected chi connectivity index (χ4v) is 4.07. The first-order valence-corrected chi connectivity index (χ1v) is 8.42. The summed E-state index contributed by atoms with van der Waals surface area (Å²) in [7, 11) is 0. The van der Waals surface area contributed by atoms with Crippen LogP contribution in [-0.2, 0) is 13.0 Å². The topological polar surface area (TPSA) is 66.5 Å². The van der Waals surface area contributed by atoms with E-state index >= 15 is 0 Å². The Bertz CT molecular complexity index is 1370. The van der Waals surface area contributed by atoms with Gasteiger partial charge in [-0.25, -0.2) is 4.98 Å². The molecule has 0 bridgehead atoms. The van der Waals surface area contributed by atoms with Crippen molar-refractivity contribution >= 4 is 32.8 Å². The fourth-order valence-electron chi connectivity index (χ4n) is 4.07. The molecule has 0 radical (unpaired) electrons. The molecule has 25 heavy (non-hydrogen) atoms. The fraction of sp³-hybridized carbons (Fsp3) is 0.100. The summed E-state index contributed by atoms with van der Waals surface area (Å²) in [6, 6.07) is 16.2. The zero-order valence-electron chi connectivity index (χ0n) is 13.3. The van der Waals surface area contributed by atoms with Gasteiger partial charge in [0.2, 0.25) is 0 Å². The molecule has 2 N–H and O–H groups in total. The Kier molecular flexibility index (Phi) is 2.28. The summed E-state index contributed by atoms with van der Waals surface area (Å²) < 4.78 is 1.79. The van der Waals surface area contributed by atoms with Crippen LogP contribution in [0, 0.1) is 0 Å². The summed E-state index contributed by atoms with van der Waals surface area (Å²) in [4.78, 5) is 24.7. The van der Waals surface area contributed by atoms with Crippen LogP contribution in [0.2, 0.25) is 0 Å². The summed E-state index contributed by atoms with van der Waals surface area (Å²) in [5.74, 6) is 0.736. The molecule has 5 nitrogen and oxygen atoms in total. The van der Waals surface area contributed by atoms with Gasteiger partial charge in [-0.1, -0.05) is 36.4 Å². The predicted octanol–water partition coefficient (Wildman–Crippen LogP) is 3.58. The summed E-state index contributed by atoms with van der Waals surface area (Å²) in [5.41, 5.74) is 5.60. The van der Waals surface area contributed by atoms with Crippen molar-refractivity contribution in [3.05, 3.63) is 64.4 Å². The molecule has 1 aliphatic heterocycles. The number of aromatic amines is 2. The molecule has 0 spiro atoms. The Hall–Kier alpha value is -3.34. The highest BCUT2D eigenvalue weighted by atomic mass is 16.1. The average molecular weight is 326 g/mol. The van der Waals surface area contributed by atoms with Crippen LogP contribution in [0.4, 0.5) is 0 Å². The zero-order valence-corrected chi connectivity index (χ0v) is 13.3. The Balaban J connectivity index is 1.78. The molecule has 0 amide bonds. The maximum Gasteiger partial charge on any atom is 0.278 e. The van der Waals surface area contributed by atoms with E-state index in [2.05, 4.69) is 28.2 Å². The van der Waals surface area contributed by atoms with Crippen LogP contribution >= 0.6 is 0 Å². The van der Waals surface area contributed by atoms with Crippen molar-refractivity contribution in [2.45, 2.75) is 13.0 Å². The third-order valence-electron chi connectivity index (χ3n) is 5.23. The molecule has 5 aromatic rings. The van der Waals surface area contributed by atoms with E-state index in [4.69, 9.17) is 4.98 Å². The van der Waals surface area contributed by atoms with Crippen molar-refractivity contribution in [1.82, 2.24) is 19.5 Å². The van der Waals surface area contributed by atoms with Crippen LogP contribution < -0.4 is 5.56 Å². The number of H-pyrrole nitrogens is 2. The maximum atomic E-state index is 13.0. The Labute approximate surface area is 141 Å². The van der Waals surface area contributed by atoms with Crippen LogP contribution in [0.15, 0.2) is 53.3 Å². The predicted molar refractivity (Wildman–Crippen MR) is 98.9 cm³/mol. The van der Waals surface area contributed by atoms with Crippen LogP contribution in [0.3, 0.4) is 0 Å². The number of nitrogens with one attached hydrogen (secondary N) is 2. The van der Waals surface area contributed by atoms with Crippen molar-refractivity contribution in [3.63, 3.8) is 0 Å². The summed E-state index contributed by atoms with van der Waals surface area (Å²) in [6.07, 6.45) is 0.833. The molecule has 4 heterocycles. The number of hydrogen-bond donors (Lipinski definition) is 2. The van der Waals surface area contributed by atoms with Gasteiger partial charge in [0.15, 0.2) is 5.82 Å². The van der Waals surface area contributed by atoms with Crippen LogP contribution in [0.25, 0.3) is 44.4 Å². The maximum absolute atomic E-state index is 13.0. The van der Waals surface area contributed by atoms with E-state index < -0.39 is 0 Å². The van der Waals surface area contributed by atoms with E-state index in [-0.39, 0.29) is 5.56 Å². The SMILES string of the molecule is O=c1c2[nH]c3ccccc3c2nc2n1CCc1c-2[nH]c2ccccc12. The van der Waals surface area contributed by atoms with E-state index in [0.717, 1.165) is 39.9 Å². The minimum atomic E-state index is 0.000469. The van der Waals surface area contributed by atoms with E-state index in [0.29, 0.717) is 12.1 Å². The average Bonchev–Trinajstić information content (AvgIpc) is 3.21. The first-order valence-electron chi connectivity index (χ1n) is 8.42. The van der Waals surface area contributed by atoms with Gasteiger partial charge in [-0.3, -0.25) is 9.36 Å². The first kappa shape index (κ1) is 13.0. The molecule has 5 heteroatoms. The second kappa shape index (κ2) is 4.39. The number of rotatable bonds is 0. The molecule has 0 aliphatic carbocycles. The number of aryl methyl sites for hydroxylation is 1. The van der Waals surface area contributed by atoms with Gasteiger partial charge in [-0.15, -0.1) is 0 Å². The number of aromatic nitrogens is 4. The third kappa shape index (κ3) is 1.57. The monoisotopic (exact) mass is 326 g/mol. The van der Waals surface area contributed by atoms with Gasteiger partial charge < -0.3 is 9.97 Å². The molecule has 0 fully saturated rings. The zero-order chi connectivity index (χ0) is 16.5. The smallest absolute Gasteiger partial charge is 0.278 e. The lowest BCUT2D eigenvalue weighted by atomic mass is 10.0. The van der Waals surface area contributed by atoms with Gasteiger partial charge in [0.05, 0.1) is 5.69 Å². The lowest BCUT2D eigenvalue weighted by Gasteiger charge is -2.18. The Morgan fingerprint density at radius 2 is 1.64 bits per heavy atom. The highest BCUT2D eigenvalue weighted by Crippen LogP contribution is 2.34. The summed E-state index contributed by atoms with van der Waals surface area (Å²) in [6.45, 7) is 0.654. The van der Waals surface area contributed by atoms with Gasteiger partial charge in [-0.05, 0) is 24.1 Å². The second-order valence-electron chi connectivity index (χ2n) is 6.56. The van der Waals surface area contributed by atoms with Gasteiger partial charge in [0.1, 0.15) is 11.0 Å². The normalized spacial score (nSPS) is 13.4. The Morgan fingerprint density at radius 1 is 0.920 bits per heavy atom. The summed E-state index contributed by atoms with van der Waals surface area (Å²) >= 11 is 0. The Morgan fingerprint density at radius 3 is 2.48 bits per heavy atom. The third-order valence-corrected chi connectivity index (χ3v) is 5.23. The van der Waals surface area contributed by atoms with E-state index in [1.807, 2.05) is 30.3 Å². The van der Waals surface area contributed by atoms with Crippen LogP contribution in [0.1, 0.15) is 5.56 Å². The summed E-state index contributed by atoms with van der Waals surface area (Å²) in [5, 5.41) is 2.21. The standard InChI is InChI=1S/C20H14N4O/c25-20-18-16(13-6-2-4-8-15(13)22-18)23-19-17-12(9-10-24(19)20)11-5-1-3-7-14(11)21-17/h1-8,21-22H,9-10H2. The van der Waals surface area contributed by atoms with Crippen molar-refractivity contribution in [1.29, 1.82) is 0 Å². The molecule has 120 valence electrons. The molecule has 2 aromatic carbocycles. The number of benzene rings is 2. The van der Waals surface area contributed by atoms with E-state index in [1.165, 1.54) is 10.9 Å². The van der Waals surface area contributed by atoms with Crippen molar-refractivity contribution in [3.8, 4) is 11.5 Å². The van der Waals surface area contributed by atoms with Gasteiger partial charge in [0.25, 0.3) is 5.56 Å². The molecule has 0 atom stereocenters. The number of para-hydroxylation sites is 2. The van der Waals surface area contributed by atoms with Crippen molar-refractivity contribution in [2.24, 2.45) is 0 Å².